The van der Waals surface area contributed by atoms with E-state index in [0.29, 0.717) is 0 Å². The predicted octanol–water partition coefficient (Wildman–Crippen LogP) is 2.09. The van der Waals surface area contributed by atoms with E-state index in [4.69, 9.17) is 10.6 Å². The molecule has 0 bridgehead atoms. The van der Waals surface area contributed by atoms with Crippen LogP contribution in [0, 0.1) is 0 Å². The molecular weight excluding hydrogens is 214 g/mol. The fourth-order valence-electron chi connectivity index (χ4n) is 1.99. The Balaban J connectivity index is 1.78. The van der Waals surface area contributed by atoms with Gasteiger partial charge in [-0.1, -0.05) is 11.2 Å². The van der Waals surface area contributed by atoms with Gasteiger partial charge >= 0.3 is 0 Å². The normalized spacial score (nSPS) is 29.4. The first-order chi connectivity index (χ1) is 8.16. The molecule has 1 fully saturated rings. The molecule has 0 spiro atoms. The highest BCUT2D eigenvalue weighted by Crippen LogP contribution is 2.27. The van der Waals surface area contributed by atoms with E-state index in [1.807, 2.05) is 12.1 Å². The number of oxime groups is 1. The van der Waals surface area contributed by atoms with E-state index in [0.717, 1.165) is 31.2 Å². The maximum atomic E-state index is 6.06. The third-order valence-corrected chi connectivity index (χ3v) is 3.17. The van der Waals surface area contributed by atoms with Gasteiger partial charge in [-0.15, -0.1) is 0 Å². The fraction of sp³-hybridized carbons (Fsp3) is 0.538. The molecule has 1 saturated carbocycles. The van der Waals surface area contributed by atoms with Crippen LogP contribution in [-0.2, 0) is 4.84 Å². The molecule has 0 aliphatic heterocycles. The Labute approximate surface area is 102 Å². The summed E-state index contributed by atoms with van der Waals surface area (Å²) in [7, 11) is 0. The van der Waals surface area contributed by atoms with Crippen LogP contribution in [0.3, 0.4) is 0 Å². The molecule has 1 aliphatic carbocycles. The molecule has 0 amide bonds. The summed E-state index contributed by atoms with van der Waals surface area (Å²) in [6, 6.07) is 3.82. The second-order valence-corrected chi connectivity index (χ2v) is 4.98. The van der Waals surface area contributed by atoms with Crippen LogP contribution in [0.15, 0.2) is 29.7 Å². The van der Waals surface area contributed by atoms with Crippen molar-refractivity contribution in [1.29, 1.82) is 0 Å². The molecule has 2 N–H and O–H groups in total. The SMILES string of the molecule is CC1(N)CCC(ON=Cc2cccnc2)CC1. The number of hydrogen-bond acceptors (Lipinski definition) is 4. The monoisotopic (exact) mass is 233 g/mol. The summed E-state index contributed by atoms with van der Waals surface area (Å²) >= 11 is 0. The van der Waals surface area contributed by atoms with Gasteiger partial charge in [-0.3, -0.25) is 4.98 Å². The second-order valence-electron chi connectivity index (χ2n) is 4.98. The number of aromatic nitrogens is 1. The molecule has 0 saturated heterocycles. The van der Waals surface area contributed by atoms with Crippen molar-refractivity contribution in [3.63, 3.8) is 0 Å². The topological polar surface area (TPSA) is 60.5 Å². The van der Waals surface area contributed by atoms with Crippen molar-refractivity contribution in [2.75, 3.05) is 0 Å². The van der Waals surface area contributed by atoms with Crippen molar-refractivity contribution in [2.24, 2.45) is 10.9 Å². The van der Waals surface area contributed by atoms with E-state index < -0.39 is 0 Å². The summed E-state index contributed by atoms with van der Waals surface area (Å²) in [4.78, 5) is 9.47. The molecule has 0 unspecified atom stereocenters. The highest BCUT2D eigenvalue weighted by Gasteiger charge is 2.28. The third kappa shape index (κ3) is 3.82. The summed E-state index contributed by atoms with van der Waals surface area (Å²) in [6.45, 7) is 2.10. The van der Waals surface area contributed by atoms with Crippen LogP contribution in [-0.4, -0.2) is 22.8 Å². The van der Waals surface area contributed by atoms with E-state index in [1.165, 1.54) is 0 Å². The summed E-state index contributed by atoms with van der Waals surface area (Å²) in [5, 5.41) is 4.01. The first-order valence-electron chi connectivity index (χ1n) is 6.04. The minimum atomic E-state index is -0.0209. The van der Waals surface area contributed by atoms with E-state index in [2.05, 4.69) is 17.1 Å². The van der Waals surface area contributed by atoms with Gasteiger partial charge in [0.05, 0.1) is 6.21 Å². The Morgan fingerprint density at radius 2 is 2.29 bits per heavy atom. The molecule has 4 heteroatoms. The summed E-state index contributed by atoms with van der Waals surface area (Å²) < 4.78 is 0. The Hall–Kier alpha value is -1.42. The average Bonchev–Trinajstić information content (AvgIpc) is 2.33. The first kappa shape index (κ1) is 12.0. The maximum Gasteiger partial charge on any atom is 0.127 e. The lowest BCUT2D eigenvalue weighted by Gasteiger charge is -2.32. The Morgan fingerprint density at radius 1 is 1.53 bits per heavy atom. The van der Waals surface area contributed by atoms with Gasteiger partial charge in [-0.05, 0) is 38.7 Å². The van der Waals surface area contributed by atoms with Crippen LogP contribution in [0.2, 0.25) is 0 Å². The zero-order valence-electron chi connectivity index (χ0n) is 10.2. The predicted molar refractivity (Wildman–Crippen MR) is 67.8 cm³/mol. The van der Waals surface area contributed by atoms with Crippen molar-refractivity contribution in [1.82, 2.24) is 4.98 Å². The van der Waals surface area contributed by atoms with E-state index in [9.17, 15) is 0 Å². The number of rotatable bonds is 3. The minimum Gasteiger partial charge on any atom is -0.392 e. The largest absolute Gasteiger partial charge is 0.392 e. The van der Waals surface area contributed by atoms with Gasteiger partial charge in [0, 0.05) is 23.5 Å². The lowest BCUT2D eigenvalue weighted by atomic mass is 9.83. The van der Waals surface area contributed by atoms with Crippen LogP contribution in [0.5, 0.6) is 0 Å². The van der Waals surface area contributed by atoms with Crippen molar-refractivity contribution in [3.8, 4) is 0 Å². The second kappa shape index (κ2) is 5.27. The van der Waals surface area contributed by atoms with Crippen LogP contribution < -0.4 is 5.73 Å². The van der Waals surface area contributed by atoms with Crippen molar-refractivity contribution in [2.45, 2.75) is 44.2 Å². The molecule has 4 nitrogen and oxygen atoms in total. The van der Waals surface area contributed by atoms with Crippen LogP contribution >= 0.6 is 0 Å². The Kier molecular flexibility index (Phi) is 3.74. The molecule has 2 rings (SSSR count). The molecule has 0 atom stereocenters. The zero-order chi connectivity index (χ0) is 12.1. The lowest BCUT2D eigenvalue weighted by Crippen LogP contribution is -2.41. The van der Waals surface area contributed by atoms with Gasteiger partial charge in [-0.25, -0.2) is 0 Å². The van der Waals surface area contributed by atoms with Gasteiger partial charge in [0.15, 0.2) is 0 Å². The Morgan fingerprint density at radius 3 is 2.94 bits per heavy atom. The third-order valence-electron chi connectivity index (χ3n) is 3.17. The summed E-state index contributed by atoms with van der Waals surface area (Å²) in [6.07, 6.45) is 9.36. The van der Waals surface area contributed by atoms with Crippen LogP contribution in [0.1, 0.15) is 38.2 Å². The van der Waals surface area contributed by atoms with E-state index in [1.54, 1.807) is 18.6 Å². The number of pyridine rings is 1. The number of hydrogen-bond donors (Lipinski definition) is 1. The first-order valence-corrected chi connectivity index (χ1v) is 6.04. The fourth-order valence-corrected chi connectivity index (χ4v) is 1.99. The van der Waals surface area contributed by atoms with Crippen molar-refractivity contribution < 1.29 is 4.84 Å². The zero-order valence-corrected chi connectivity index (χ0v) is 10.2. The van der Waals surface area contributed by atoms with Crippen LogP contribution in [0.4, 0.5) is 0 Å². The molecule has 1 aliphatic rings. The smallest absolute Gasteiger partial charge is 0.127 e. The minimum absolute atomic E-state index is 0.0209. The standard InChI is InChI=1S/C13H19N3O/c1-13(14)6-4-12(5-7-13)17-16-10-11-3-2-8-15-9-11/h2-3,8-10,12H,4-7,14H2,1H3. The molecule has 92 valence electrons. The molecule has 1 heterocycles. The molecule has 1 aromatic heterocycles. The highest BCUT2D eigenvalue weighted by molar-refractivity contribution is 5.78. The van der Waals surface area contributed by atoms with Crippen molar-refractivity contribution >= 4 is 6.21 Å². The van der Waals surface area contributed by atoms with Gasteiger partial charge in [0.1, 0.15) is 6.10 Å². The van der Waals surface area contributed by atoms with Gasteiger partial charge in [-0.2, -0.15) is 0 Å². The molecular formula is C13H19N3O. The van der Waals surface area contributed by atoms with Gasteiger partial charge < -0.3 is 10.6 Å². The number of nitrogens with two attached hydrogens (primary N) is 1. The number of nitrogens with zero attached hydrogens (tertiary/aromatic N) is 2. The summed E-state index contributed by atoms with van der Waals surface area (Å²) in [5.41, 5.74) is 6.99. The van der Waals surface area contributed by atoms with Gasteiger partial charge in [0.25, 0.3) is 0 Å². The molecule has 0 aromatic carbocycles. The van der Waals surface area contributed by atoms with Gasteiger partial charge in [0.2, 0.25) is 0 Å². The van der Waals surface area contributed by atoms with Crippen LogP contribution in [0.25, 0.3) is 0 Å². The Bertz CT molecular complexity index is 366. The van der Waals surface area contributed by atoms with E-state index in [-0.39, 0.29) is 11.6 Å². The molecule has 17 heavy (non-hydrogen) atoms. The van der Waals surface area contributed by atoms with Crippen molar-refractivity contribution in [3.05, 3.63) is 30.1 Å². The lowest BCUT2D eigenvalue weighted by molar-refractivity contribution is 0.0203. The summed E-state index contributed by atoms with van der Waals surface area (Å²) in [5.74, 6) is 0. The quantitative estimate of drug-likeness (QED) is 0.642. The molecule has 1 aromatic rings. The maximum absolute atomic E-state index is 6.06. The highest BCUT2D eigenvalue weighted by atomic mass is 16.6. The van der Waals surface area contributed by atoms with E-state index >= 15 is 0 Å². The molecule has 0 radical (unpaired) electrons. The average molecular weight is 233 g/mol.